The fourth-order valence-corrected chi connectivity index (χ4v) is 3.69. The maximum atomic E-state index is 12.7. The number of halogens is 3. The molecule has 1 aliphatic heterocycles. The minimum atomic E-state index is -4.31. The minimum Gasteiger partial charge on any atom is -0.345 e. The van der Waals surface area contributed by atoms with Crippen molar-refractivity contribution in [2.45, 2.75) is 31.5 Å². The molecule has 1 aromatic heterocycles. The molecule has 21 heavy (non-hydrogen) atoms. The third kappa shape index (κ3) is 2.90. The molecule has 0 bridgehead atoms. The summed E-state index contributed by atoms with van der Waals surface area (Å²) in [6, 6.07) is 10.3. The van der Waals surface area contributed by atoms with E-state index < -0.39 is 11.1 Å². The Bertz CT molecular complexity index is 609. The van der Waals surface area contributed by atoms with Crippen LogP contribution in [-0.4, -0.2) is 17.6 Å². The lowest BCUT2D eigenvalue weighted by Gasteiger charge is -2.20. The van der Waals surface area contributed by atoms with Crippen LogP contribution in [0.3, 0.4) is 0 Å². The fraction of sp³-hybridized carbons (Fsp3) is 0.400. The molecule has 3 rings (SSSR count). The van der Waals surface area contributed by atoms with E-state index in [9.17, 15) is 13.2 Å². The number of alkyl halides is 3. The Kier molecular flexibility index (Phi) is 3.65. The molecule has 1 fully saturated rings. The Morgan fingerprint density at radius 3 is 2.57 bits per heavy atom. The van der Waals surface area contributed by atoms with Gasteiger partial charge in [0.2, 0.25) is 0 Å². The summed E-state index contributed by atoms with van der Waals surface area (Å²) in [5.41, 5.74) is 1.24. The molecule has 2 nitrogen and oxygen atoms in total. The van der Waals surface area contributed by atoms with Crippen molar-refractivity contribution >= 4 is 16.5 Å². The van der Waals surface area contributed by atoms with E-state index >= 15 is 0 Å². The second-order valence-electron chi connectivity index (χ2n) is 5.35. The molecule has 0 aliphatic carbocycles. The predicted molar refractivity (Wildman–Crippen MR) is 77.7 cm³/mol. The largest absolute Gasteiger partial charge is 0.427 e. The summed E-state index contributed by atoms with van der Waals surface area (Å²) in [5.74, 6) is 0.347. The van der Waals surface area contributed by atoms with E-state index in [1.54, 1.807) is 0 Å². The van der Waals surface area contributed by atoms with Crippen molar-refractivity contribution < 1.29 is 13.2 Å². The Hall–Kier alpha value is -1.56. The number of nitrogens with zero attached hydrogens (tertiary/aromatic N) is 2. The van der Waals surface area contributed by atoms with Crippen molar-refractivity contribution in [1.82, 2.24) is 4.98 Å². The van der Waals surface area contributed by atoms with Crippen LogP contribution in [0.5, 0.6) is 0 Å². The van der Waals surface area contributed by atoms with Gasteiger partial charge in [0.25, 0.3) is 0 Å². The highest BCUT2D eigenvalue weighted by Gasteiger charge is 2.36. The van der Waals surface area contributed by atoms with Crippen LogP contribution in [0.2, 0.25) is 0 Å². The predicted octanol–water partition coefficient (Wildman–Crippen LogP) is 4.54. The summed E-state index contributed by atoms with van der Waals surface area (Å²) in [6.45, 7) is 2.76. The molecule has 2 aromatic rings. The van der Waals surface area contributed by atoms with Crippen LogP contribution in [0.15, 0.2) is 36.5 Å². The first-order chi connectivity index (χ1) is 9.95. The van der Waals surface area contributed by atoms with Gasteiger partial charge in [-0.05, 0) is 18.9 Å². The smallest absolute Gasteiger partial charge is 0.345 e. The molecule has 1 aromatic carbocycles. The van der Waals surface area contributed by atoms with Crippen LogP contribution in [0.25, 0.3) is 0 Å². The zero-order valence-corrected chi connectivity index (χ0v) is 12.3. The number of benzene rings is 1. The second-order valence-corrected chi connectivity index (χ2v) is 6.36. The van der Waals surface area contributed by atoms with Gasteiger partial charge in [0.1, 0.15) is 4.88 Å². The van der Waals surface area contributed by atoms with Crippen molar-refractivity contribution in [3.8, 4) is 0 Å². The molecule has 2 heterocycles. The van der Waals surface area contributed by atoms with Crippen LogP contribution < -0.4 is 4.90 Å². The molecule has 0 radical (unpaired) electrons. The maximum Gasteiger partial charge on any atom is 0.427 e. The first-order valence-corrected chi connectivity index (χ1v) is 7.61. The van der Waals surface area contributed by atoms with Gasteiger partial charge in [-0.3, -0.25) is 0 Å². The third-order valence-electron chi connectivity index (χ3n) is 3.86. The average molecular weight is 312 g/mol. The van der Waals surface area contributed by atoms with Crippen LogP contribution >= 0.6 is 11.3 Å². The van der Waals surface area contributed by atoms with Crippen LogP contribution in [0.4, 0.5) is 18.3 Å². The molecule has 1 aliphatic rings. The summed E-state index contributed by atoms with van der Waals surface area (Å²) in [5, 5.41) is 0.466. The van der Waals surface area contributed by atoms with Gasteiger partial charge in [-0.1, -0.05) is 41.7 Å². The zero-order chi connectivity index (χ0) is 15.0. The highest BCUT2D eigenvalue weighted by atomic mass is 32.1. The minimum absolute atomic E-state index is 0.197. The SMILES string of the molecule is CC1CC(c2ccccc2)CN1c1ncc(C(F)(F)F)s1. The zero-order valence-electron chi connectivity index (χ0n) is 11.5. The van der Waals surface area contributed by atoms with E-state index in [0.29, 0.717) is 11.0 Å². The molecule has 0 saturated carbocycles. The molecule has 2 unspecified atom stereocenters. The van der Waals surface area contributed by atoms with Crippen molar-refractivity contribution in [3.05, 3.63) is 47.0 Å². The monoisotopic (exact) mass is 312 g/mol. The van der Waals surface area contributed by atoms with Crippen molar-refractivity contribution in [3.63, 3.8) is 0 Å². The van der Waals surface area contributed by atoms with E-state index in [-0.39, 0.29) is 6.04 Å². The highest BCUT2D eigenvalue weighted by Crippen LogP contribution is 2.40. The molecular formula is C15H15F3N2S. The van der Waals surface area contributed by atoms with E-state index in [0.717, 1.165) is 30.5 Å². The normalized spacial score (nSPS) is 22.8. The number of hydrogen-bond acceptors (Lipinski definition) is 3. The summed E-state index contributed by atoms with van der Waals surface area (Å²) in [7, 11) is 0. The number of anilines is 1. The number of thiazole rings is 1. The van der Waals surface area contributed by atoms with Gasteiger partial charge in [0.05, 0.1) is 6.20 Å². The third-order valence-corrected chi connectivity index (χ3v) is 4.94. The summed E-state index contributed by atoms with van der Waals surface area (Å²) >= 11 is 0.728. The Morgan fingerprint density at radius 1 is 1.24 bits per heavy atom. The van der Waals surface area contributed by atoms with Gasteiger partial charge in [0, 0.05) is 18.5 Å². The molecular weight excluding hydrogens is 297 g/mol. The molecule has 1 saturated heterocycles. The lowest BCUT2D eigenvalue weighted by molar-refractivity contribution is -0.134. The van der Waals surface area contributed by atoms with Crippen molar-refractivity contribution in [2.24, 2.45) is 0 Å². The lowest BCUT2D eigenvalue weighted by atomic mass is 9.97. The van der Waals surface area contributed by atoms with Gasteiger partial charge in [0.15, 0.2) is 5.13 Å². The Balaban J connectivity index is 1.79. The number of rotatable bonds is 2. The van der Waals surface area contributed by atoms with Crippen molar-refractivity contribution in [2.75, 3.05) is 11.4 Å². The number of aromatic nitrogens is 1. The highest BCUT2D eigenvalue weighted by molar-refractivity contribution is 7.15. The topological polar surface area (TPSA) is 16.1 Å². The Labute approximate surface area is 125 Å². The van der Waals surface area contributed by atoms with E-state index in [1.807, 2.05) is 30.0 Å². The molecule has 0 N–H and O–H groups in total. The first kappa shape index (κ1) is 14.4. The van der Waals surface area contributed by atoms with Crippen LogP contribution in [-0.2, 0) is 6.18 Å². The molecule has 112 valence electrons. The molecule has 0 amide bonds. The van der Waals surface area contributed by atoms with Crippen LogP contribution in [0.1, 0.15) is 29.7 Å². The van der Waals surface area contributed by atoms with Gasteiger partial charge < -0.3 is 4.90 Å². The van der Waals surface area contributed by atoms with E-state index in [1.165, 1.54) is 5.56 Å². The molecule has 6 heteroatoms. The van der Waals surface area contributed by atoms with E-state index in [4.69, 9.17) is 0 Å². The molecule has 0 spiro atoms. The lowest BCUT2D eigenvalue weighted by Crippen LogP contribution is -2.26. The van der Waals surface area contributed by atoms with E-state index in [2.05, 4.69) is 17.1 Å². The standard InChI is InChI=1S/C15H15F3N2S/c1-10-7-12(11-5-3-2-4-6-11)9-20(10)14-19-8-13(21-14)15(16,17)18/h2-6,8,10,12H,7,9H2,1H3. The van der Waals surface area contributed by atoms with Crippen LogP contribution in [0, 0.1) is 0 Å². The van der Waals surface area contributed by atoms with Gasteiger partial charge in [-0.25, -0.2) is 4.98 Å². The van der Waals surface area contributed by atoms with Crippen molar-refractivity contribution in [1.29, 1.82) is 0 Å². The molecule has 2 atom stereocenters. The number of hydrogen-bond donors (Lipinski definition) is 0. The summed E-state index contributed by atoms with van der Waals surface area (Å²) < 4.78 is 38.0. The summed E-state index contributed by atoms with van der Waals surface area (Å²) in [4.78, 5) is 5.32. The van der Waals surface area contributed by atoms with Gasteiger partial charge in [-0.2, -0.15) is 13.2 Å². The quantitative estimate of drug-likeness (QED) is 0.809. The van der Waals surface area contributed by atoms with Gasteiger partial charge in [-0.15, -0.1) is 0 Å². The van der Waals surface area contributed by atoms with Gasteiger partial charge >= 0.3 is 6.18 Å². The average Bonchev–Trinajstić information content (AvgIpc) is 3.05. The maximum absolute atomic E-state index is 12.7. The first-order valence-electron chi connectivity index (χ1n) is 6.80. The summed E-state index contributed by atoms with van der Waals surface area (Å²) in [6.07, 6.45) is -2.44. The second kappa shape index (κ2) is 5.33. The fourth-order valence-electron chi connectivity index (χ4n) is 2.79. The Morgan fingerprint density at radius 2 is 1.95 bits per heavy atom.